The molecule has 1 aliphatic rings. The van der Waals surface area contributed by atoms with Crippen molar-refractivity contribution in [3.8, 4) is 0 Å². The van der Waals surface area contributed by atoms with E-state index in [2.05, 4.69) is 22.4 Å². The minimum atomic E-state index is -0.275. The zero-order chi connectivity index (χ0) is 17.3. The van der Waals surface area contributed by atoms with Gasteiger partial charge in [0, 0.05) is 35.1 Å². The molecule has 0 saturated heterocycles. The van der Waals surface area contributed by atoms with Crippen LogP contribution in [0.3, 0.4) is 0 Å². The SMILES string of the molecule is N[C@@]1(c2ccccc2)C[C@H]1c1ccc(NC(=O)c2ccncc2)cc1. The summed E-state index contributed by atoms with van der Waals surface area (Å²) in [4.78, 5) is 16.1. The van der Waals surface area contributed by atoms with Crippen LogP contribution in [0.4, 0.5) is 5.69 Å². The van der Waals surface area contributed by atoms with Gasteiger partial charge in [0.25, 0.3) is 5.91 Å². The molecule has 1 heterocycles. The molecule has 2 aromatic carbocycles. The van der Waals surface area contributed by atoms with Crippen molar-refractivity contribution in [1.82, 2.24) is 4.98 Å². The maximum absolute atomic E-state index is 12.2. The number of nitrogens with one attached hydrogen (secondary N) is 1. The highest BCUT2D eigenvalue weighted by molar-refractivity contribution is 6.04. The van der Waals surface area contributed by atoms with Crippen molar-refractivity contribution < 1.29 is 4.79 Å². The standard InChI is InChI=1S/C21H19N3O/c22-21(17-4-2-1-3-5-17)14-19(21)15-6-8-18(9-7-15)24-20(25)16-10-12-23-13-11-16/h1-13,19H,14,22H2,(H,24,25)/t19-,21+/m0/s1. The average molecular weight is 329 g/mol. The van der Waals surface area contributed by atoms with E-state index in [1.165, 1.54) is 11.1 Å². The van der Waals surface area contributed by atoms with Crippen LogP contribution in [0.25, 0.3) is 0 Å². The molecule has 0 unspecified atom stereocenters. The molecule has 4 heteroatoms. The van der Waals surface area contributed by atoms with Crippen LogP contribution in [-0.2, 0) is 5.54 Å². The normalized spacial score (nSPS) is 21.6. The number of hydrogen-bond acceptors (Lipinski definition) is 3. The van der Waals surface area contributed by atoms with Gasteiger partial charge in [-0.25, -0.2) is 0 Å². The van der Waals surface area contributed by atoms with E-state index in [-0.39, 0.29) is 11.4 Å². The van der Waals surface area contributed by atoms with Crippen molar-refractivity contribution in [2.75, 3.05) is 5.32 Å². The van der Waals surface area contributed by atoms with Gasteiger partial charge in [-0.3, -0.25) is 9.78 Å². The molecule has 0 radical (unpaired) electrons. The quantitative estimate of drug-likeness (QED) is 0.767. The van der Waals surface area contributed by atoms with Crippen LogP contribution in [0, 0.1) is 0 Å². The molecule has 2 atom stereocenters. The summed E-state index contributed by atoms with van der Waals surface area (Å²) in [5.74, 6) is 0.180. The number of hydrogen-bond donors (Lipinski definition) is 2. The summed E-state index contributed by atoms with van der Waals surface area (Å²) in [6.45, 7) is 0. The first-order valence-corrected chi connectivity index (χ1v) is 8.32. The van der Waals surface area contributed by atoms with Crippen molar-refractivity contribution in [1.29, 1.82) is 0 Å². The van der Waals surface area contributed by atoms with Gasteiger partial charge in [-0.1, -0.05) is 42.5 Å². The summed E-state index contributed by atoms with van der Waals surface area (Å²) in [5.41, 5.74) is 10.0. The van der Waals surface area contributed by atoms with Crippen LogP contribution in [-0.4, -0.2) is 10.9 Å². The average Bonchev–Trinajstić information content (AvgIpc) is 3.37. The minimum absolute atomic E-state index is 0.140. The number of rotatable bonds is 4. The highest BCUT2D eigenvalue weighted by Gasteiger charge is 2.52. The second-order valence-electron chi connectivity index (χ2n) is 6.48. The fraction of sp³-hybridized carbons (Fsp3) is 0.143. The van der Waals surface area contributed by atoms with Crippen LogP contribution < -0.4 is 11.1 Å². The molecule has 0 spiro atoms. The van der Waals surface area contributed by atoms with Crippen molar-refractivity contribution in [3.63, 3.8) is 0 Å². The number of carbonyl (C=O) groups excluding carboxylic acids is 1. The maximum atomic E-state index is 12.2. The van der Waals surface area contributed by atoms with Crippen molar-refractivity contribution in [2.24, 2.45) is 5.73 Å². The molecule has 1 saturated carbocycles. The molecule has 1 aromatic heterocycles. The smallest absolute Gasteiger partial charge is 0.255 e. The number of anilines is 1. The second kappa shape index (κ2) is 6.15. The van der Waals surface area contributed by atoms with E-state index in [0.29, 0.717) is 11.5 Å². The van der Waals surface area contributed by atoms with Gasteiger partial charge in [0.1, 0.15) is 0 Å². The first kappa shape index (κ1) is 15.5. The highest BCUT2D eigenvalue weighted by atomic mass is 16.1. The lowest BCUT2D eigenvalue weighted by molar-refractivity contribution is 0.102. The number of nitrogens with two attached hydrogens (primary N) is 1. The summed E-state index contributed by atoms with van der Waals surface area (Å²) in [7, 11) is 0. The van der Waals surface area contributed by atoms with Crippen molar-refractivity contribution in [3.05, 3.63) is 95.8 Å². The van der Waals surface area contributed by atoms with Crippen LogP contribution in [0.15, 0.2) is 79.1 Å². The molecule has 3 aromatic rings. The third-order valence-corrected chi connectivity index (χ3v) is 4.83. The Bertz CT molecular complexity index is 878. The van der Waals surface area contributed by atoms with Gasteiger partial charge >= 0.3 is 0 Å². The number of benzene rings is 2. The van der Waals surface area contributed by atoms with Gasteiger partial charge in [0.05, 0.1) is 0 Å². The van der Waals surface area contributed by atoms with E-state index in [9.17, 15) is 4.79 Å². The van der Waals surface area contributed by atoms with Crippen LogP contribution in [0.2, 0.25) is 0 Å². The van der Waals surface area contributed by atoms with E-state index >= 15 is 0 Å². The second-order valence-corrected chi connectivity index (χ2v) is 6.48. The van der Waals surface area contributed by atoms with E-state index in [4.69, 9.17) is 5.73 Å². The van der Waals surface area contributed by atoms with Gasteiger partial charge in [0.2, 0.25) is 0 Å². The molecule has 1 amide bonds. The van der Waals surface area contributed by atoms with Crippen molar-refractivity contribution in [2.45, 2.75) is 17.9 Å². The Morgan fingerprint density at radius 3 is 2.36 bits per heavy atom. The molecular formula is C21H19N3O. The van der Waals surface area contributed by atoms with Crippen LogP contribution in [0.1, 0.15) is 33.8 Å². The Morgan fingerprint density at radius 2 is 1.68 bits per heavy atom. The minimum Gasteiger partial charge on any atom is -0.322 e. The summed E-state index contributed by atoms with van der Waals surface area (Å²) in [6.07, 6.45) is 4.16. The van der Waals surface area contributed by atoms with Crippen LogP contribution >= 0.6 is 0 Å². The topological polar surface area (TPSA) is 68.0 Å². The molecular weight excluding hydrogens is 310 g/mol. The third-order valence-electron chi connectivity index (χ3n) is 4.83. The number of aromatic nitrogens is 1. The molecule has 1 fully saturated rings. The molecule has 0 aliphatic heterocycles. The Kier molecular flexibility index (Phi) is 3.82. The zero-order valence-electron chi connectivity index (χ0n) is 13.7. The Balaban J connectivity index is 1.46. The lowest BCUT2D eigenvalue weighted by atomic mass is 9.99. The summed E-state index contributed by atoms with van der Waals surface area (Å²) >= 11 is 0. The Hall–Kier alpha value is -2.98. The van der Waals surface area contributed by atoms with Crippen LogP contribution in [0.5, 0.6) is 0 Å². The maximum Gasteiger partial charge on any atom is 0.255 e. The number of amides is 1. The molecule has 0 bridgehead atoms. The number of pyridine rings is 1. The summed E-state index contributed by atoms with van der Waals surface area (Å²) < 4.78 is 0. The van der Waals surface area contributed by atoms with E-state index < -0.39 is 0 Å². The zero-order valence-corrected chi connectivity index (χ0v) is 13.7. The largest absolute Gasteiger partial charge is 0.322 e. The molecule has 3 N–H and O–H groups in total. The lowest BCUT2D eigenvalue weighted by Crippen LogP contribution is -2.21. The van der Waals surface area contributed by atoms with E-state index in [1.807, 2.05) is 42.5 Å². The van der Waals surface area contributed by atoms with E-state index in [1.54, 1.807) is 24.5 Å². The van der Waals surface area contributed by atoms with Gasteiger partial charge in [-0.2, -0.15) is 0 Å². The number of carbonyl (C=O) groups is 1. The lowest BCUT2D eigenvalue weighted by Gasteiger charge is -2.12. The summed E-state index contributed by atoms with van der Waals surface area (Å²) in [6, 6.07) is 21.6. The van der Waals surface area contributed by atoms with Crippen molar-refractivity contribution >= 4 is 11.6 Å². The first-order chi connectivity index (χ1) is 12.2. The Labute approximate surface area is 146 Å². The third kappa shape index (κ3) is 3.04. The predicted octanol–water partition coefficient (Wildman–Crippen LogP) is 3.68. The fourth-order valence-corrected chi connectivity index (χ4v) is 3.27. The molecule has 4 rings (SSSR count). The molecule has 1 aliphatic carbocycles. The Morgan fingerprint density at radius 1 is 1.00 bits per heavy atom. The van der Waals surface area contributed by atoms with Gasteiger partial charge < -0.3 is 11.1 Å². The number of nitrogens with zero attached hydrogens (tertiary/aromatic N) is 1. The van der Waals surface area contributed by atoms with Gasteiger partial charge in [-0.15, -0.1) is 0 Å². The molecule has 4 nitrogen and oxygen atoms in total. The van der Waals surface area contributed by atoms with Gasteiger partial charge in [0.15, 0.2) is 0 Å². The fourth-order valence-electron chi connectivity index (χ4n) is 3.27. The summed E-state index contributed by atoms with van der Waals surface area (Å²) in [5, 5.41) is 2.90. The van der Waals surface area contributed by atoms with Gasteiger partial charge in [-0.05, 0) is 41.8 Å². The first-order valence-electron chi connectivity index (χ1n) is 8.32. The molecule has 124 valence electrons. The van der Waals surface area contributed by atoms with E-state index in [0.717, 1.165) is 12.1 Å². The molecule has 25 heavy (non-hydrogen) atoms. The monoisotopic (exact) mass is 329 g/mol. The predicted molar refractivity (Wildman–Crippen MR) is 98.3 cm³/mol. The highest BCUT2D eigenvalue weighted by Crippen LogP contribution is 2.56.